The lowest BCUT2D eigenvalue weighted by Gasteiger charge is -2.23. The van der Waals surface area contributed by atoms with Crippen LogP contribution in [0.2, 0.25) is 0 Å². The Morgan fingerprint density at radius 3 is 2.68 bits per heavy atom. The van der Waals surface area contributed by atoms with Gasteiger partial charge in [-0.05, 0) is 30.9 Å². The van der Waals surface area contributed by atoms with Crippen molar-refractivity contribution in [2.24, 2.45) is 5.92 Å². The Morgan fingerprint density at radius 1 is 1.28 bits per heavy atom. The first-order valence-corrected chi connectivity index (χ1v) is 8.35. The Balaban J connectivity index is 2.15. The van der Waals surface area contributed by atoms with E-state index in [1.807, 2.05) is 13.8 Å². The van der Waals surface area contributed by atoms with Crippen molar-refractivity contribution in [3.63, 3.8) is 0 Å². The van der Waals surface area contributed by atoms with Gasteiger partial charge in [-0.2, -0.15) is 0 Å². The molecule has 1 heterocycles. The molecule has 7 nitrogen and oxygen atoms in total. The number of benzene rings is 1. The molecule has 25 heavy (non-hydrogen) atoms. The number of ether oxygens (including phenoxy) is 2. The number of hydrogen-bond donors (Lipinski definition) is 1. The molecule has 2 rings (SSSR count). The van der Waals surface area contributed by atoms with Gasteiger partial charge < -0.3 is 14.4 Å². The highest BCUT2D eigenvalue weighted by Gasteiger charge is 2.36. The van der Waals surface area contributed by atoms with Gasteiger partial charge in [0.2, 0.25) is 0 Å². The number of nitrogens with one attached hydrogen (secondary N) is 1. The van der Waals surface area contributed by atoms with Crippen molar-refractivity contribution >= 4 is 23.7 Å². The van der Waals surface area contributed by atoms with Gasteiger partial charge in [0.05, 0.1) is 25.0 Å². The van der Waals surface area contributed by atoms with Crippen LogP contribution < -0.4 is 5.32 Å². The molecule has 7 heteroatoms. The summed E-state index contributed by atoms with van der Waals surface area (Å²) in [7, 11) is 1.31. The molecular formula is C18H24N2O5. The molecule has 0 bridgehead atoms. The largest absolute Gasteiger partial charge is 0.467 e. The molecule has 0 aliphatic carbocycles. The van der Waals surface area contributed by atoms with E-state index >= 15 is 0 Å². The first-order valence-electron chi connectivity index (χ1n) is 8.35. The average Bonchev–Trinajstić information content (AvgIpc) is 3.09. The maximum Gasteiger partial charge on any atom is 0.411 e. The average molecular weight is 348 g/mol. The van der Waals surface area contributed by atoms with Gasteiger partial charge in [-0.1, -0.05) is 26.0 Å². The number of carbonyl (C=O) groups excluding carboxylic acids is 3. The van der Waals surface area contributed by atoms with Crippen LogP contribution in [0.15, 0.2) is 24.3 Å². The molecule has 1 N–H and O–H groups in total. The lowest BCUT2D eigenvalue weighted by molar-refractivity contribution is -0.145. The first kappa shape index (κ1) is 18.8. The second kappa shape index (κ2) is 8.50. The van der Waals surface area contributed by atoms with Crippen LogP contribution >= 0.6 is 0 Å². The number of methoxy groups -OCH3 is 1. The molecule has 136 valence electrons. The van der Waals surface area contributed by atoms with E-state index in [9.17, 15) is 14.4 Å². The van der Waals surface area contributed by atoms with E-state index in [1.54, 1.807) is 24.3 Å². The number of esters is 1. The van der Waals surface area contributed by atoms with Gasteiger partial charge in [0.25, 0.3) is 5.91 Å². The fourth-order valence-corrected chi connectivity index (χ4v) is 2.71. The number of carbonyl (C=O) groups is 3. The van der Waals surface area contributed by atoms with E-state index in [0.29, 0.717) is 30.8 Å². The first-order chi connectivity index (χ1) is 11.9. The third kappa shape index (κ3) is 4.71. The Morgan fingerprint density at radius 2 is 2.00 bits per heavy atom. The molecule has 1 aliphatic heterocycles. The van der Waals surface area contributed by atoms with Gasteiger partial charge in [-0.15, -0.1) is 0 Å². The molecule has 2 amide bonds. The van der Waals surface area contributed by atoms with Crippen molar-refractivity contribution in [1.29, 1.82) is 0 Å². The molecule has 0 saturated carbocycles. The van der Waals surface area contributed by atoms with E-state index in [1.165, 1.54) is 12.0 Å². The third-order valence-corrected chi connectivity index (χ3v) is 3.93. The van der Waals surface area contributed by atoms with Gasteiger partial charge in [0.1, 0.15) is 6.04 Å². The smallest absolute Gasteiger partial charge is 0.411 e. The molecule has 1 atom stereocenters. The number of amides is 2. The Hall–Kier alpha value is -2.57. The molecular weight excluding hydrogens is 324 g/mol. The standard InChI is InChI=1S/C18H24N2O5/c1-12(2)11-25-18(23)19-14-8-5-4-7-13(14)16(21)20-10-6-9-15(20)17(22)24-3/h4-5,7-8,12,15H,6,9-11H2,1-3H3,(H,19,23). The van der Waals surface area contributed by atoms with Crippen LogP contribution in [0.5, 0.6) is 0 Å². The van der Waals surface area contributed by atoms with Gasteiger partial charge in [0.15, 0.2) is 0 Å². The summed E-state index contributed by atoms with van der Waals surface area (Å²) in [5.74, 6) is -0.520. The summed E-state index contributed by atoms with van der Waals surface area (Å²) in [5, 5.41) is 2.60. The summed E-state index contributed by atoms with van der Waals surface area (Å²) < 4.78 is 9.87. The summed E-state index contributed by atoms with van der Waals surface area (Å²) in [6.45, 7) is 4.64. The summed E-state index contributed by atoms with van der Waals surface area (Å²) in [5.41, 5.74) is 0.677. The second-order valence-electron chi connectivity index (χ2n) is 6.34. The zero-order valence-electron chi connectivity index (χ0n) is 14.8. The summed E-state index contributed by atoms with van der Waals surface area (Å²) in [6.07, 6.45) is 0.696. The molecule has 0 radical (unpaired) electrons. The molecule has 1 fully saturated rings. The minimum atomic E-state index is -0.611. The van der Waals surface area contributed by atoms with Crippen molar-refractivity contribution in [2.45, 2.75) is 32.7 Å². The van der Waals surface area contributed by atoms with Crippen LogP contribution in [-0.4, -0.2) is 49.2 Å². The van der Waals surface area contributed by atoms with Crippen molar-refractivity contribution in [1.82, 2.24) is 4.90 Å². The summed E-state index contributed by atoms with van der Waals surface area (Å²) in [4.78, 5) is 38.1. The van der Waals surface area contributed by atoms with E-state index in [0.717, 1.165) is 6.42 Å². The summed E-state index contributed by atoms with van der Waals surface area (Å²) >= 11 is 0. The zero-order chi connectivity index (χ0) is 18.4. The second-order valence-corrected chi connectivity index (χ2v) is 6.34. The van der Waals surface area contributed by atoms with Crippen LogP contribution in [0.1, 0.15) is 37.0 Å². The number of para-hydroxylation sites is 1. The zero-order valence-corrected chi connectivity index (χ0v) is 14.8. The molecule has 1 unspecified atom stereocenters. The van der Waals surface area contributed by atoms with Crippen LogP contribution in [0.25, 0.3) is 0 Å². The molecule has 1 aliphatic rings. The van der Waals surface area contributed by atoms with Crippen LogP contribution in [-0.2, 0) is 14.3 Å². The lowest BCUT2D eigenvalue weighted by atomic mass is 10.1. The highest BCUT2D eigenvalue weighted by atomic mass is 16.5. The number of anilines is 1. The monoisotopic (exact) mass is 348 g/mol. The summed E-state index contributed by atoms with van der Waals surface area (Å²) in [6, 6.07) is 6.09. The Labute approximate surface area is 147 Å². The van der Waals surface area contributed by atoms with Crippen molar-refractivity contribution in [2.75, 3.05) is 25.6 Å². The van der Waals surface area contributed by atoms with Crippen molar-refractivity contribution < 1.29 is 23.9 Å². The lowest BCUT2D eigenvalue weighted by Crippen LogP contribution is -2.41. The van der Waals surface area contributed by atoms with Crippen LogP contribution in [0.3, 0.4) is 0 Å². The van der Waals surface area contributed by atoms with Crippen LogP contribution in [0.4, 0.5) is 10.5 Å². The fraction of sp³-hybridized carbons (Fsp3) is 0.500. The van der Waals surface area contributed by atoms with Gasteiger partial charge >= 0.3 is 12.1 Å². The molecule has 1 aromatic carbocycles. The predicted octanol–water partition coefficient (Wildman–Crippen LogP) is 2.67. The Kier molecular flexibility index (Phi) is 6.38. The normalized spacial score (nSPS) is 16.6. The van der Waals surface area contributed by atoms with Gasteiger partial charge in [-0.25, -0.2) is 9.59 Å². The van der Waals surface area contributed by atoms with Crippen LogP contribution in [0, 0.1) is 5.92 Å². The number of hydrogen-bond acceptors (Lipinski definition) is 5. The minimum Gasteiger partial charge on any atom is -0.467 e. The molecule has 0 aromatic heterocycles. The van der Waals surface area contributed by atoms with E-state index < -0.39 is 18.1 Å². The quantitative estimate of drug-likeness (QED) is 0.827. The number of nitrogens with zero attached hydrogens (tertiary/aromatic N) is 1. The molecule has 1 saturated heterocycles. The van der Waals surface area contributed by atoms with E-state index in [4.69, 9.17) is 9.47 Å². The third-order valence-electron chi connectivity index (χ3n) is 3.93. The fourth-order valence-electron chi connectivity index (χ4n) is 2.71. The molecule has 1 aromatic rings. The highest BCUT2D eigenvalue weighted by Crippen LogP contribution is 2.24. The minimum absolute atomic E-state index is 0.216. The SMILES string of the molecule is COC(=O)C1CCCN1C(=O)c1ccccc1NC(=O)OCC(C)C. The van der Waals surface area contributed by atoms with Crippen molar-refractivity contribution in [3.05, 3.63) is 29.8 Å². The van der Waals surface area contributed by atoms with Crippen molar-refractivity contribution in [3.8, 4) is 0 Å². The van der Waals surface area contributed by atoms with Gasteiger partial charge in [-0.3, -0.25) is 10.1 Å². The predicted molar refractivity (Wildman–Crippen MR) is 92.3 cm³/mol. The number of likely N-dealkylation sites (tertiary alicyclic amines) is 1. The van der Waals surface area contributed by atoms with Gasteiger partial charge in [0, 0.05) is 6.54 Å². The Bertz CT molecular complexity index is 644. The highest BCUT2D eigenvalue weighted by molar-refractivity contribution is 6.04. The maximum absolute atomic E-state index is 12.9. The van der Waals surface area contributed by atoms with E-state index in [-0.39, 0.29) is 11.8 Å². The maximum atomic E-state index is 12.9. The number of rotatable bonds is 5. The van der Waals surface area contributed by atoms with E-state index in [2.05, 4.69) is 5.32 Å². The molecule has 0 spiro atoms. The topological polar surface area (TPSA) is 84.9 Å².